The molecule has 0 unspecified atom stereocenters. The Bertz CT molecular complexity index is 1220. The van der Waals surface area contributed by atoms with Gasteiger partial charge in [-0.3, -0.25) is 4.79 Å². The molecule has 0 spiro atoms. The summed E-state index contributed by atoms with van der Waals surface area (Å²) in [6.45, 7) is 8.42. The first-order valence-corrected chi connectivity index (χ1v) is 20.4. The van der Waals surface area contributed by atoms with Crippen molar-refractivity contribution in [2.75, 3.05) is 18.1 Å². The summed E-state index contributed by atoms with van der Waals surface area (Å²) in [4.78, 5) is 12.0. The summed E-state index contributed by atoms with van der Waals surface area (Å²) in [5.74, 6) is 2.00. The van der Waals surface area contributed by atoms with Crippen molar-refractivity contribution < 1.29 is 23.1 Å². The molecule has 0 aliphatic carbocycles. The monoisotopic (exact) mass is 710 g/mol. The Balaban J connectivity index is 0.0000120. The summed E-state index contributed by atoms with van der Waals surface area (Å²) in [5, 5.41) is 9.49. The van der Waals surface area contributed by atoms with Crippen LogP contribution in [0.5, 0.6) is 0 Å². The second-order valence-electron chi connectivity index (χ2n) is 13.7. The highest BCUT2D eigenvalue weighted by Crippen LogP contribution is 2.42. The molecule has 2 rings (SSSR count). The Morgan fingerprint density at radius 1 is 0.796 bits per heavy atom. The highest BCUT2D eigenvalue weighted by molar-refractivity contribution is 7.99. The number of aryl methyl sites for hydroxylation is 3. The predicted molar refractivity (Wildman–Crippen MR) is 209 cm³/mol. The number of halogens is 3. The van der Waals surface area contributed by atoms with Gasteiger partial charge in [-0.15, -0.1) is 0 Å². The van der Waals surface area contributed by atoms with Gasteiger partial charge >= 0.3 is 6.18 Å². The zero-order valence-electron chi connectivity index (χ0n) is 30.8. The van der Waals surface area contributed by atoms with E-state index in [4.69, 9.17) is 5.11 Å². The van der Waals surface area contributed by atoms with Crippen LogP contribution in [0, 0.1) is 6.92 Å². The van der Waals surface area contributed by atoms with Crippen LogP contribution in [0.3, 0.4) is 0 Å². The third-order valence-electron chi connectivity index (χ3n) is 9.62. The molecule has 3 nitrogen and oxygen atoms in total. The summed E-state index contributed by atoms with van der Waals surface area (Å²) in [6, 6.07) is 3.88. The van der Waals surface area contributed by atoms with E-state index in [1.807, 2.05) is 26.0 Å². The topological polar surface area (TPSA) is 42.2 Å². The molecule has 1 aromatic carbocycles. The number of aliphatic hydroxyl groups is 1. The number of unbranched alkanes of at least 4 members (excludes halogenated alkanes) is 16. The molecule has 282 valence electrons. The molecule has 0 radical (unpaired) electrons. The minimum Gasteiger partial charge on any atom is -0.396 e. The molecule has 49 heavy (non-hydrogen) atoms. The number of alkyl halides is 3. The maximum atomic E-state index is 14.4. The number of nitrogens with zero attached hydrogens (tertiary/aromatic N) is 1. The molecular formula is C42H70F3NO2S. The van der Waals surface area contributed by atoms with Crippen molar-refractivity contribution >= 4 is 34.0 Å². The Kier molecular flexibility index (Phi) is 24.1. The number of rotatable bonds is 28. The van der Waals surface area contributed by atoms with Crippen LogP contribution in [0.1, 0.15) is 173 Å². The smallest absolute Gasteiger partial charge is 0.396 e. The van der Waals surface area contributed by atoms with Gasteiger partial charge in [-0.2, -0.15) is 24.9 Å². The number of hydrogen-bond acceptors (Lipinski definition) is 3. The Hall–Kier alpha value is -1.73. The number of aliphatic hydroxyl groups excluding tert-OH is 1. The zero-order valence-corrected chi connectivity index (χ0v) is 31.6. The first-order valence-electron chi connectivity index (χ1n) is 19.3. The summed E-state index contributed by atoms with van der Waals surface area (Å²) in [5.41, 5.74) is 2.95. The summed E-state index contributed by atoms with van der Waals surface area (Å²) in [6.07, 6.45) is 20.5. The van der Waals surface area contributed by atoms with Crippen molar-refractivity contribution in [1.82, 2.24) is 4.57 Å². The maximum Gasteiger partial charge on any atom is 0.417 e. The summed E-state index contributed by atoms with van der Waals surface area (Å²) < 4.78 is 45.6. The van der Waals surface area contributed by atoms with E-state index in [9.17, 15) is 18.0 Å². The molecule has 0 saturated carbocycles. The van der Waals surface area contributed by atoms with E-state index in [2.05, 4.69) is 23.3 Å². The zero-order chi connectivity index (χ0) is 35.2. The molecule has 1 N–H and O–H groups in total. The van der Waals surface area contributed by atoms with Crippen LogP contribution >= 0.6 is 11.8 Å². The fraction of sp³-hybridized carbons (Fsp3) is 0.738. The number of ketones is 1. The highest BCUT2D eigenvalue weighted by Gasteiger charge is 2.38. The lowest BCUT2D eigenvalue weighted by Crippen LogP contribution is -2.14. The number of hydrogen-bond donors (Lipinski definition) is 1. The van der Waals surface area contributed by atoms with Crippen LogP contribution in [0.25, 0.3) is 16.5 Å². The van der Waals surface area contributed by atoms with Gasteiger partial charge in [0, 0.05) is 29.7 Å². The molecule has 7 heteroatoms. The number of fused-ring (bicyclic) bond motifs is 1. The van der Waals surface area contributed by atoms with Crippen LogP contribution < -0.4 is 0 Å². The molecule has 1 aromatic heterocycles. The average Bonchev–Trinajstić information content (AvgIpc) is 3.32. The molecule has 2 aromatic rings. The van der Waals surface area contributed by atoms with Gasteiger partial charge < -0.3 is 9.67 Å². The minimum atomic E-state index is -4.61. The standard InChI is InChI=1S/C41H66F3NO2S.CH4/c1-5-7-25-35-26-27-38-39(40(35)36(32-33(3)47)41(42,43)44)34(4)37(6-2)45(38)28-21-17-13-9-12-16-20-24-31-48-30-23-19-15-11-8-10-14-18-22-29-46;/h26-27,32,46H,5-25,28-31H2,1-4H3;1H4/b36-32+;. The molecule has 0 aliphatic rings. The first-order chi connectivity index (χ1) is 23.2. The molecule has 0 saturated heterocycles. The SMILES string of the molecule is C.CCCCc1ccc2c(c(C)c(CC)n2CCCCCCCCCCSCCCCCCCCCCCO)c1/C(=C\C(C)=O)C(F)(F)F. The van der Waals surface area contributed by atoms with E-state index in [1.165, 1.54) is 108 Å². The van der Waals surface area contributed by atoms with Gasteiger partial charge in [-0.25, -0.2) is 0 Å². The van der Waals surface area contributed by atoms with Gasteiger partial charge in [-0.1, -0.05) is 117 Å². The van der Waals surface area contributed by atoms with Crippen molar-refractivity contribution in [1.29, 1.82) is 0 Å². The predicted octanol–water partition coefficient (Wildman–Crippen LogP) is 13.4. The van der Waals surface area contributed by atoms with Crippen molar-refractivity contribution in [2.24, 2.45) is 0 Å². The van der Waals surface area contributed by atoms with Gasteiger partial charge in [-0.05, 0) is 99.1 Å². The Morgan fingerprint density at radius 2 is 1.31 bits per heavy atom. The third kappa shape index (κ3) is 16.4. The number of aromatic nitrogens is 1. The Labute approximate surface area is 302 Å². The second-order valence-corrected chi connectivity index (χ2v) is 14.9. The number of benzene rings is 1. The Morgan fingerprint density at radius 3 is 1.78 bits per heavy atom. The molecule has 0 atom stereocenters. The van der Waals surface area contributed by atoms with Gasteiger partial charge in [0.1, 0.15) is 0 Å². The molecular weight excluding hydrogens is 640 g/mol. The van der Waals surface area contributed by atoms with E-state index in [-0.39, 0.29) is 13.0 Å². The second kappa shape index (κ2) is 26.1. The lowest BCUT2D eigenvalue weighted by molar-refractivity contribution is -0.113. The highest BCUT2D eigenvalue weighted by atomic mass is 32.2. The molecule has 0 aliphatic heterocycles. The largest absolute Gasteiger partial charge is 0.417 e. The number of carbonyl (C=O) groups is 1. The lowest BCUT2D eigenvalue weighted by atomic mass is 9.90. The molecule has 0 fully saturated rings. The van der Waals surface area contributed by atoms with E-state index in [1.54, 1.807) is 0 Å². The number of carbonyl (C=O) groups excluding carboxylic acids is 1. The molecule has 0 bridgehead atoms. The summed E-state index contributed by atoms with van der Waals surface area (Å²) >= 11 is 2.12. The van der Waals surface area contributed by atoms with Gasteiger partial charge in [0.05, 0.1) is 5.57 Å². The summed E-state index contributed by atoms with van der Waals surface area (Å²) in [7, 11) is 0. The van der Waals surface area contributed by atoms with Crippen molar-refractivity contribution in [3.63, 3.8) is 0 Å². The van der Waals surface area contributed by atoms with Gasteiger partial charge in [0.25, 0.3) is 0 Å². The third-order valence-corrected chi connectivity index (χ3v) is 10.8. The van der Waals surface area contributed by atoms with E-state index < -0.39 is 17.5 Å². The quantitative estimate of drug-likeness (QED) is 0.0706. The average molecular weight is 710 g/mol. The van der Waals surface area contributed by atoms with E-state index in [0.29, 0.717) is 24.0 Å². The van der Waals surface area contributed by atoms with Gasteiger partial charge in [0.15, 0.2) is 5.78 Å². The molecule has 0 amide bonds. The number of allylic oxidation sites excluding steroid dienone is 2. The van der Waals surface area contributed by atoms with E-state index in [0.717, 1.165) is 67.9 Å². The van der Waals surface area contributed by atoms with Crippen LogP contribution in [0.2, 0.25) is 0 Å². The maximum absolute atomic E-state index is 14.4. The lowest BCUT2D eigenvalue weighted by Gasteiger charge is -2.18. The first kappa shape index (κ1) is 45.3. The number of thioether (sulfide) groups is 1. The van der Waals surface area contributed by atoms with Crippen LogP contribution in [-0.4, -0.2) is 39.7 Å². The van der Waals surface area contributed by atoms with Gasteiger partial charge in [0.2, 0.25) is 0 Å². The van der Waals surface area contributed by atoms with Crippen LogP contribution in [0.15, 0.2) is 18.2 Å². The normalized spacial score (nSPS) is 12.2. The molecule has 1 heterocycles. The fourth-order valence-electron chi connectivity index (χ4n) is 7.02. The van der Waals surface area contributed by atoms with Crippen molar-refractivity contribution in [3.8, 4) is 0 Å². The minimum absolute atomic E-state index is 0. The fourth-order valence-corrected chi connectivity index (χ4v) is 8.04. The van der Waals surface area contributed by atoms with Crippen LogP contribution in [0.4, 0.5) is 13.2 Å². The van der Waals surface area contributed by atoms with Crippen LogP contribution in [-0.2, 0) is 24.2 Å². The van der Waals surface area contributed by atoms with Crippen molar-refractivity contribution in [3.05, 3.63) is 40.6 Å². The van der Waals surface area contributed by atoms with E-state index >= 15 is 0 Å². The van der Waals surface area contributed by atoms with Crippen molar-refractivity contribution in [2.45, 2.75) is 183 Å².